The second-order valence-electron chi connectivity index (χ2n) is 7.23. The lowest BCUT2D eigenvalue weighted by atomic mass is 10.0. The van der Waals surface area contributed by atoms with Crippen LogP contribution in [0.4, 0.5) is 0 Å². The van der Waals surface area contributed by atoms with Crippen LogP contribution in [0.2, 0.25) is 0 Å². The van der Waals surface area contributed by atoms with E-state index in [1.165, 1.54) is 11.3 Å². The standard InChI is InChI=1S/C25H26N2O4S/c1-4-31-13-12-27-20-15-21(29-2)22(30-3)16-23(20)32-25(27)26-24(28)14-18-10-7-9-17-8-5-6-11-19(17)18/h5-11,15-16H,4,12-14H2,1-3H3. The van der Waals surface area contributed by atoms with Gasteiger partial charge in [0, 0.05) is 25.3 Å². The molecule has 0 N–H and O–H groups in total. The summed E-state index contributed by atoms with van der Waals surface area (Å²) < 4.78 is 19.5. The molecule has 0 aliphatic carbocycles. The fourth-order valence-electron chi connectivity index (χ4n) is 3.75. The molecule has 6 nitrogen and oxygen atoms in total. The molecule has 4 aromatic rings. The number of ether oxygens (including phenoxy) is 3. The molecule has 1 aromatic heterocycles. The molecule has 0 fully saturated rings. The number of amides is 1. The Morgan fingerprint density at radius 1 is 1.03 bits per heavy atom. The average molecular weight is 451 g/mol. The third-order valence-electron chi connectivity index (χ3n) is 5.29. The number of aromatic nitrogens is 1. The van der Waals surface area contributed by atoms with Crippen molar-refractivity contribution in [2.75, 3.05) is 27.4 Å². The molecule has 7 heteroatoms. The number of carbonyl (C=O) groups is 1. The molecule has 0 aliphatic rings. The maximum atomic E-state index is 13.0. The zero-order chi connectivity index (χ0) is 22.5. The Hall–Kier alpha value is -3.16. The van der Waals surface area contributed by atoms with Crippen molar-refractivity contribution < 1.29 is 19.0 Å². The third-order valence-corrected chi connectivity index (χ3v) is 6.33. The molecule has 3 aromatic carbocycles. The first-order valence-electron chi connectivity index (χ1n) is 10.5. The van der Waals surface area contributed by atoms with E-state index in [4.69, 9.17) is 14.2 Å². The van der Waals surface area contributed by atoms with Crippen LogP contribution in [0.5, 0.6) is 11.5 Å². The van der Waals surface area contributed by atoms with Gasteiger partial charge in [0.1, 0.15) is 0 Å². The molecule has 0 saturated heterocycles. The van der Waals surface area contributed by atoms with Crippen molar-refractivity contribution in [2.24, 2.45) is 4.99 Å². The minimum atomic E-state index is -0.183. The number of carbonyl (C=O) groups excluding carboxylic acids is 1. The van der Waals surface area contributed by atoms with Gasteiger partial charge in [-0.3, -0.25) is 4.79 Å². The van der Waals surface area contributed by atoms with Crippen molar-refractivity contribution in [1.82, 2.24) is 4.57 Å². The zero-order valence-corrected chi connectivity index (χ0v) is 19.3. The lowest BCUT2D eigenvalue weighted by molar-refractivity contribution is -0.117. The summed E-state index contributed by atoms with van der Waals surface area (Å²) in [5.41, 5.74) is 1.91. The molecule has 1 amide bonds. The maximum absolute atomic E-state index is 13.0. The maximum Gasteiger partial charge on any atom is 0.252 e. The van der Waals surface area contributed by atoms with E-state index >= 15 is 0 Å². The van der Waals surface area contributed by atoms with Gasteiger partial charge >= 0.3 is 0 Å². The van der Waals surface area contributed by atoms with Gasteiger partial charge in [-0.25, -0.2) is 0 Å². The lowest BCUT2D eigenvalue weighted by Crippen LogP contribution is -2.20. The first-order valence-corrected chi connectivity index (χ1v) is 11.3. The summed E-state index contributed by atoms with van der Waals surface area (Å²) in [6.07, 6.45) is 0.244. The van der Waals surface area contributed by atoms with Gasteiger partial charge in [-0.05, 0) is 23.3 Å². The molecule has 166 valence electrons. The van der Waals surface area contributed by atoms with Crippen molar-refractivity contribution >= 4 is 38.2 Å². The first kappa shape index (κ1) is 22.0. The van der Waals surface area contributed by atoms with E-state index in [0.717, 1.165) is 26.6 Å². The molecule has 0 atom stereocenters. The topological polar surface area (TPSA) is 62.1 Å². The quantitative estimate of drug-likeness (QED) is 0.369. The van der Waals surface area contributed by atoms with Gasteiger partial charge in [-0.1, -0.05) is 53.8 Å². The second-order valence-corrected chi connectivity index (χ2v) is 8.24. The highest BCUT2D eigenvalue weighted by Crippen LogP contribution is 2.33. The van der Waals surface area contributed by atoms with Crippen molar-refractivity contribution in [3.63, 3.8) is 0 Å². The summed E-state index contributed by atoms with van der Waals surface area (Å²) in [4.78, 5) is 18.1. The van der Waals surface area contributed by atoms with Crippen LogP contribution in [-0.2, 0) is 22.5 Å². The Balaban J connectivity index is 1.75. The number of benzene rings is 3. The molecule has 0 aliphatic heterocycles. The SMILES string of the molecule is CCOCCn1c(=NC(=O)Cc2cccc3ccccc23)sc2cc(OC)c(OC)cc21. The molecule has 32 heavy (non-hydrogen) atoms. The van der Waals surface area contributed by atoms with Crippen LogP contribution >= 0.6 is 11.3 Å². The summed E-state index contributed by atoms with van der Waals surface area (Å²) in [5.74, 6) is 1.10. The van der Waals surface area contributed by atoms with Gasteiger partial charge in [0.05, 0.1) is 37.5 Å². The summed E-state index contributed by atoms with van der Waals surface area (Å²) in [7, 11) is 3.22. The highest BCUT2D eigenvalue weighted by Gasteiger charge is 2.14. The number of methoxy groups -OCH3 is 2. The number of fused-ring (bicyclic) bond motifs is 2. The molecule has 0 bridgehead atoms. The van der Waals surface area contributed by atoms with E-state index in [1.54, 1.807) is 14.2 Å². The molecular formula is C25H26N2O4S. The number of nitrogens with zero attached hydrogens (tertiary/aromatic N) is 2. The normalized spacial score (nSPS) is 11.9. The van der Waals surface area contributed by atoms with Crippen molar-refractivity contribution in [2.45, 2.75) is 19.9 Å². The predicted molar refractivity (Wildman–Crippen MR) is 128 cm³/mol. The minimum Gasteiger partial charge on any atom is -0.493 e. The fourth-order valence-corrected chi connectivity index (χ4v) is 4.84. The Labute approximate surface area is 190 Å². The summed E-state index contributed by atoms with van der Waals surface area (Å²) in [6, 6.07) is 17.9. The lowest BCUT2D eigenvalue weighted by Gasteiger charge is -2.09. The number of hydrogen-bond donors (Lipinski definition) is 0. The molecular weight excluding hydrogens is 424 g/mol. The highest BCUT2D eigenvalue weighted by molar-refractivity contribution is 7.16. The van der Waals surface area contributed by atoms with E-state index in [0.29, 0.717) is 36.1 Å². The fraction of sp³-hybridized carbons (Fsp3) is 0.280. The predicted octanol–water partition coefficient (Wildman–Crippen LogP) is 4.58. The largest absolute Gasteiger partial charge is 0.493 e. The Kier molecular flexibility index (Phi) is 6.87. The van der Waals surface area contributed by atoms with Crippen molar-refractivity contribution in [3.8, 4) is 11.5 Å². The van der Waals surface area contributed by atoms with Crippen molar-refractivity contribution in [1.29, 1.82) is 0 Å². The molecule has 0 radical (unpaired) electrons. The van der Waals surface area contributed by atoms with Gasteiger partial charge in [0.25, 0.3) is 5.91 Å². The van der Waals surface area contributed by atoms with Crippen molar-refractivity contribution in [3.05, 3.63) is 65.0 Å². The number of rotatable bonds is 8. The third kappa shape index (κ3) is 4.54. The highest BCUT2D eigenvalue weighted by atomic mass is 32.1. The van der Waals surface area contributed by atoms with E-state index in [-0.39, 0.29) is 12.3 Å². The summed E-state index contributed by atoms with van der Waals surface area (Å²) >= 11 is 1.46. The van der Waals surface area contributed by atoms with E-state index < -0.39 is 0 Å². The van der Waals surface area contributed by atoms with E-state index in [1.807, 2.05) is 54.0 Å². The van der Waals surface area contributed by atoms with E-state index in [2.05, 4.69) is 17.1 Å². The van der Waals surface area contributed by atoms with Gasteiger partial charge in [-0.2, -0.15) is 4.99 Å². The van der Waals surface area contributed by atoms with Crippen LogP contribution < -0.4 is 14.3 Å². The molecule has 0 unspecified atom stereocenters. The van der Waals surface area contributed by atoms with Crippen LogP contribution in [-0.4, -0.2) is 37.9 Å². The number of hydrogen-bond acceptors (Lipinski definition) is 5. The van der Waals surface area contributed by atoms with Gasteiger partial charge in [0.15, 0.2) is 16.3 Å². The van der Waals surface area contributed by atoms with Crippen LogP contribution in [0.25, 0.3) is 21.0 Å². The van der Waals surface area contributed by atoms with E-state index in [9.17, 15) is 4.79 Å². The Morgan fingerprint density at radius 3 is 2.56 bits per heavy atom. The average Bonchev–Trinajstić information content (AvgIpc) is 3.14. The Bertz CT molecular complexity index is 1320. The van der Waals surface area contributed by atoms with Gasteiger partial charge in [0.2, 0.25) is 0 Å². The first-order chi connectivity index (χ1) is 15.6. The molecule has 4 rings (SSSR count). The molecule has 0 saturated carbocycles. The monoisotopic (exact) mass is 450 g/mol. The zero-order valence-electron chi connectivity index (χ0n) is 18.5. The van der Waals surface area contributed by atoms with Crippen LogP contribution in [0.3, 0.4) is 0 Å². The molecule has 0 spiro atoms. The minimum absolute atomic E-state index is 0.183. The number of thiazole rings is 1. The van der Waals surface area contributed by atoms with Gasteiger partial charge < -0.3 is 18.8 Å². The summed E-state index contributed by atoms with van der Waals surface area (Å²) in [6.45, 7) is 3.71. The second kappa shape index (κ2) is 9.97. The van der Waals surface area contributed by atoms with Crippen LogP contribution in [0.15, 0.2) is 59.6 Å². The van der Waals surface area contributed by atoms with Gasteiger partial charge in [-0.15, -0.1) is 0 Å². The summed E-state index contributed by atoms with van der Waals surface area (Å²) in [5, 5.41) is 2.19. The van der Waals surface area contributed by atoms with Crippen LogP contribution in [0, 0.1) is 0 Å². The van der Waals surface area contributed by atoms with Crippen LogP contribution in [0.1, 0.15) is 12.5 Å². The smallest absolute Gasteiger partial charge is 0.252 e. The Morgan fingerprint density at radius 2 is 1.78 bits per heavy atom. The molecule has 1 heterocycles.